The number of nitrogens with zero attached hydrogens (tertiary/aromatic N) is 2. The number of nitrogen functional groups attached to an aromatic ring is 1. The van der Waals surface area contributed by atoms with Crippen molar-refractivity contribution in [3.05, 3.63) is 36.4 Å². The molecule has 0 bridgehead atoms. The Morgan fingerprint density at radius 3 is 2.41 bits per heavy atom. The highest BCUT2D eigenvalue weighted by Gasteiger charge is 2.19. The van der Waals surface area contributed by atoms with Crippen LogP contribution in [0.5, 0.6) is 0 Å². The number of nitrogens with two attached hydrogens (primary N) is 1. The minimum Gasteiger partial charge on any atom is -0.399 e. The molecule has 22 heavy (non-hydrogen) atoms. The third-order valence-electron chi connectivity index (χ3n) is 4.32. The van der Waals surface area contributed by atoms with Crippen LogP contribution in [0.1, 0.15) is 0 Å². The van der Waals surface area contributed by atoms with Crippen LogP contribution < -0.4 is 16.0 Å². The fourth-order valence-corrected chi connectivity index (χ4v) is 3.91. The smallest absolute Gasteiger partial charge is 0.0547 e. The Morgan fingerprint density at radius 1 is 0.955 bits per heavy atom. The molecule has 2 aromatic carbocycles. The van der Waals surface area contributed by atoms with E-state index < -0.39 is 0 Å². The van der Waals surface area contributed by atoms with Gasteiger partial charge in [0.05, 0.1) is 11.4 Å². The van der Waals surface area contributed by atoms with Crippen molar-refractivity contribution >= 4 is 34.5 Å². The molecule has 0 saturated carbocycles. The largest absolute Gasteiger partial charge is 0.399 e. The predicted molar refractivity (Wildman–Crippen MR) is 94.4 cm³/mol. The molecule has 0 spiro atoms. The number of hydrogen-bond acceptors (Lipinski definition) is 5. The second-order valence-electron chi connectivity index (χ2n) is 5.95. The van der Waals surface area contributed by atoms with Gasteiger partial charge < -0.3 is 20.9 Å². The Kier molecular flexibility index (Phi) is 3.39. The molecule has 5 heteroatoms. The summed E-state index contributed by atoms with van der Waals surface area (Å²) in [5.41, 5.74) is 10.3. The van der Waals surface area contributed by atoms with Crippen molar-refractivity contribution in [3.8, 4) is 0 Å². The van der Waals surface area contributed by atoms with Crippen molar-refractivity contribution in [2.75, 3.05) is 49.2 Å². The van der Waals surface area contributed by atoms with Crippen LogP contribution >= 0.6 is 11.8 Å². The summed E-state index contributed by atoms with van der Waals surface area (Å²) >= 11 is 1.80. The lowest BCUT2D eigenvalue weighted by molar-refractivity contribution is 0.313. The van der Waals surface area contributed by atoms with Gasteiger partial charge in [0.1, 0.15) is 0 Å². The summed E-state index contributed by atoms with van der Waals surface area (Å²) in [7, 11) is 2.18. The summed E-state index contributed by atoms with van der Waals surface area (Å²) in [6.07, 6.45) is 0. The molecule has 3 N–H and O–H groups in total. The monoisotopic (exact) mass is 312 g/mol. The molecule has 2 aliphatic rings. The molecule has 0 aromatic heterocycles. The van der Waals surface area contributed by atoms with Crippen LogP contribution in [0.25, 0.3) is 0 Å². The molecule has 2 aliphatic heterocycles. The summed E-state index contributed by atoms with van der Waals surface area (Å²) in [6.45, 7) is 4.43. The van der Waals surface area contributed by atoms with Gasteiger partial charge in [0.25, 0.3) is 0 Å². The first-order chi connectivity index (χ1) is 10.7. The average molecular weight is 312 g/mol. The van der Waals surface area contributed by atoms with Gasteiger partial charge in [0.15, 0.2) is 0 Å². The van der Waals surface area contributed by atoms with Gasteiger partial charge in [0.2, 0.25) is 0 Å². The fourth-order valence-electron chi connectivity index (χ4n) is 2.96. The number of benzene rings is 2. The highest BCUT2D eigenvalue weighted by Crippen LogP contribution is 2.45. The van der Waals surface area contributed by atoms with Crippen LogP contribution in [-0.4, -0.2) is 38.1 Å². The molecule has 2 heterocycles. The van der Waals surface area contributed by atoms with Crippen LogP contribution in [0, 0.1) is 0 Å². The summed E-state index contributed by atoms with van der Waals surface area (Å²) in [6, 6.07) is 12.8. The van der Waals surface area contributed by atoms with Gasteiger partial charge in [0, 0.05) is 47.3 Å². The number of nitrogens with one attached hydrogen (secondary N) is 1. The van der Waals surface area contributed by atoms with Gasteiger partial charge in [-0.1, -0.05) is 11.8 Å². The molecule has 114 valence electrons. The molecule has 4 rings (SSSR count). The number of likely N-dealkylation sites (N-methyl/N-ethyl adjacent to an activating group) is 1. The summed E-state index contributed by atoms with van der Waals surface area (Å²) in [4.78, 5) is 7.34. The zero-order valence-corrected chi connectivity index (χ0v) is 13.5. The lowest BCUT2D eigenvalue weighted by Crippen LogP contribution is -2.44. The zero-order valence-electron chi connectivity index (χ0n) is 12.7. The summed E-state index contributed by atoms with van der Waals surface area (Å²) < 4.78 is 0. The quantitative estimate of drug-likeness (QED) is 0.676. The molecular weight excluding hydrogens is 292 g/mol. The van der Waals surface area contributed by atoms with Crippen molar-refractivity contribution < 1.29 is 0 Å². The van der Waals surface area contributed by atoms with Gasteiger partial charge in [-0.05, 0) is 43.4 Å². The lowest BCUT2D eigenvalue weighted by Gasteiger charge is -2.34. The molecule has 2 aromatic rings. The average Bonchev–Trinajstić information content (AvgIpc) is 2.53. The lowest BCUT2D eigenvalue weighted by atomic mass is 10.2. The molecule has 1 fully saturated rings. The van der Waals surface area contributed by atoms with Gasteiger partial charge in [-0.3, -0.25) is 0 Å². The maximum absolute atomic E-state index is 5.90. The molecule has 0 atom stereocenters. The third kappa shape index (κ3) is 2.51. The topological polar surface area (TPSA) is 44.5 Å². The normalized spacial score (nSPS) is 17.6. The highest BCUT2D eigenvalue weighted by molar-refractivity contribution is 7.99. The van der Waals surface area contributed by atoms with Crippen LogP contribution in [0.15, 0.2) is 46.2 Å². The Balaban J connectivity index is 1.61. The molecule has 1 saturated heterocycles. The Morgan fingerprint density at radius 2 is 1.64 bits per heavy atom. The van der Waals surface area contributed by atoms with E-state index in [1.165, 1.54) is 21.2 Å². The zero-order chi connectivity index (χ0) is 15.1. The molecular formula is C17H20N4S. The molecule has 4 nitrogen and oxygen atoms in total. The van der Waals surface area contributed by atoms with Crippen molar-refractivity contribution in [2.24, 2.45) is 0 Å². The van der Waals surface area contributed by atoms with E-state index in [9.17, 15) is 0 Å². The van der Waals surface area contributed by atoms with Gasteiger partial charge in [-0.15, -0.1) is 0 Å². The van der Waals surface area contributed by atoms with Crippen molar-refractivity contribution in [1.82, 2.24) is 4.90 Å². The standard InChI is InChI=1S/C17H20N4S/c1-20-6-8-21(9-7-20)13-3-5-17-15(11-13)19-14-10-12(18)2-4-16(14)22-17/h2-5,10-11,19H,6-9,18H2,1H3. The number of hydrogen-bond donors (Lipinski definition) is 2. The first kappa shape index (κ1) is 13.8. The van der Waals surface area contributed by atoms with Crippen molar-refractivity contribution in [1.29, 1.82) is 0 Å². The first-order valence-corrected chi connectivity index (χ1v) is 8.43. The molecule has 0 amide bonds. The Bertz CT molecular complexity index is 708. The molecule has 0 aliphatic carbocycles. The van der Waals surface area contributed by atoms with E-state index in [4.69, 9.17) is 5.73 Å². The Hall–Kier alpha value is -1.85. The highest BCUT2D eigenvalue weighted by atomic mass is 32.2. The number of anilines is 4. The number of rotatable bonds is 1. The molecule has 0 radical (unpaired) electrons. The summed E-state index contributed by atoms with van der Waals surface area (Å²) in [5.74, 6) is 0. The van der Waals surface area contributed by atoms with E-state index in [1.807, 2.05) is 12.1 Å². The van der Waals surface area contributed by atoms with Crippen LogP contribution in [0.2, 0.25) is 0 Å². The van der Waals surface area contributed by atoms with E-state index in [0.717, 1.165) is 37.6 Å². The number of piperazine rings is 1. The van der Waals surface area contributed by atoms with Gasteiger partial charge >= 0.3 is 0 Å². The minimum atomic E-state index is 0.797. The van der Waals surface area contributed by atoms with E-state index in [1.54, 1.807) is 11.8 Å². The second kappa shape index (κ2) is 5.41. The SMILES string of the molecule is CN1CCN(c2ccc3c(c2)Nc2cc(N)ccc2S3)CC1. The van der Waals surface area contributed by atoms with E-state index in [2.05, 4.69) is 46.4 Å². The van der Waals surface area contributed by atoms with Gasteiger partial charge in [-0.2, -0.15) is 0 Å². The summed E-state index contributed by atoms with van der Waals surface area (Å²) in [5, 5.41) is 3.53. The van der Waals surface area contributed by atoms with Gasteiger partial charge in [-0.25, -0.2) is 0 Å². The molecule has 0 unspecified atom stereocenters. The minimum absolute atomic E-state index is 0.797. The maximum Gasteiger partial charge on any atom is 0.0547 e. The van der Waals surface area contributed by atoms with Crippen LogP contribution in [-0.2, 0) is 0 Å². The fraction of sp³-hybridized carbons (Fsp3) is 0.294. The van der Waals surface area contributed by atoms with E-state index >= 15 is 0 Å². The van der Waals surface area contributed by atoms with E-state index in [-0.39, 0.29) is 0 Å². The van der Waals surface area contributed by atoms with Crippen LogP contribution in [0.3, 0.4) is 0 Å². The maximum atomic E-state index is 5.90. The Labute approximate surface area is 135 Å². The van der Waals surface area contributed by atoms with E-state index in [0.29, 0.717) is 0 Å². The van der Waals surface area contributed by atoms with Crippen molar-refractivity contribution in [3.63, 3.8) is 0 Å². The first-order valence-electron chi connectivity index (χ1n) is 7.61. The number of fused-ring (bicyclic) bond motifs is 2. The third-order valence-corrected chi connectivity index (χ3v) is 5.48. The van der Waals surface area contributed by atoms with Crippen LogP contribution in [0.4, 0.5) is 22.7 Å². The predicted octanol–water partition coefficient (Wildman–Crippen LogP) is 3.23. The second-order valence-corrected chi connectivity index (χ2v) is 7.04. The van der Waals surface area contributed by atoms with Crippen molar-refractivity contribution in [2.45, 2.75) is 9.79 Å².